The van der Waals surface area contributed by atoms with E-state index >= 15 is 0 Å². The van der Waals surface area contributed by atoms with Gasteiger partial charge < -0.3 is 34.2 Å². The average Bonchev–Trinajstić information content (AvgIpc) is 3.13. The highest BCUT2D eigenvalue weighted by Crippen LogP contribution is 2.63. The third-order valence-electron chi connectivity index (χ3n) is 9.12. The van der Waals surface area contributed by atoms with Gasteiger partial charge in [0.15, 0.2) is 5.76 Å². The van der Waals surface area contributed by atoms with Gasteiger partial charge in [-0.25, -0.2) is 4.79 Å². The first-order chi connectivity index (χ1) is 18.3. The molecule has 0 amide bonds. The molecule has 1 heterocycles. The lowest BCUT2D eigenvalue weighted by Gasteiger charge is -2.54. The number of allylic oxidation sites excluding steroid dienone is 1. The van der Waals surface area contributed by atoms with Crippen LogP contribution in [0.5, 0.6) is 0 Å². The largest absolute Gasteiger partial charge is 0.504 e. The van der Waals surface area contributed by atoms with Gasteiger partial charge in [-0.05, 0) is 64.7 Å². The number of carbonyl (C=O) groups is 3. The molecule has 39 heavy (non-hydrogen) atoms. The molecule has 0 spiro atoms. The molecular formula is C29H42N2O8. The van der Waals surface area contributed by atoms with Crippen LogP contribution < -0.4 is 0 Å². The Morgan fingerprint density at radius 1 is 1.18 bits per heavy atom. The highest BCUT2D eigenvalue weighted by Gasteiger charge is 2.64. The van der Waals surface area contributed by atoms with Gasteiger partial charge in [0.1, 0.15) is 12.2 Å². The van der Waals surface area contributed by atoms with Crippen LogP contribution in [0.25, 0.3) is 0 Å². The first-order valence-electron chi connectivity index (χ1n) is 13.6. The van der Waals surface area contributed by atoms with E-state index in [1.165, 1.54) is 14.0 Å². The van der Waals surface area contributed by atoms with Crippen molar-refractivity contribution in [2.45, 2.75) is 64.8 Å². The molecule has 4 aliphatic rings. The number of rotatable bonds is 8. The molecule has 0 aromatic rings. The highest BCUT2D eigenvalue weighted by molar-refractivity contribution is 6.13. The van der Waals surface area contributed by atoms with Crippen molar-refractivity contribution in [1.29, 1.82) is 0 Å². The molecule has 6 atom stereocenters. The summed E-state index contributed by atoms with van der Waals surface area (Å²) in [6, 6.07) is 0. The summed E-state index contributed by atoms with van der Waals surface area (Å²) in [7, 11) is 7.29. The Hall–Kier alpha value is -2.69. The van der Waals surface area contributed by atoms with E-state index in [1.54, 1.807) is 6.20 Å². The molecule has 0 bridgehead atoms. The highest BCUT2D eigenvalue weighted by atomic mass is 16.6. The summed E-state index contributed by atoms with van der Waals surface area (Å²) in [5, 5.41) is 22.5. The summed E-state index contributed by atoms with van der Waals surface area (Å²) in [5.41, 5.74) is -0.770. The number of hydrogen-bond acceptors (Lipinski definition) is 10. The van der Waals surface area contributed by atoms with Crippen LogP contribution >= 0.6 is 0 Å². The number of methoxy groups -OCH3 is 1. The molecule has 0 radical (unpaired) electrons. The van der Waals surface area contributed by atoms with E-state index in [0.29, 0.717) is 37.0 Å². The Kier molecular flexibility index (Phi) is 8.04. The lowest BCUT2D eigenvalue weighted by Crippen LogP contribution is -2.57. The number of carbonyl (C=O) groups excluding carboxylic acids is 3. The number of cyclic esters (lactones) is 1. The van der Waals surface area contributed by atoms with E-state index in [1.807, 2.05) is 39.9 Å². The van der Waals surface area contributed by atoms with Gasteiger partial charge in [-0.15, -0.1) is 0 Å². The van der Waals surface area contributed by atoms with E-state index in [4.69, 9.17) is 14.2 Å². The molecule has 3 aliphatic carbocycles. The lowest BCUT2D eigenvalue weighted by molar-refractivity contribution is -0.161. The summed E-state index contributed by atoms with van der Waals surface area (Å²) in [6.45, 7) is 6.53. The molecule has 0 aromatic heterocycles. The van der Waals surface area contributed by atoms with Crippen LogP contribution in [0.4, 0.5) is 0 Å². The summed E-state index contributed by atoms with van der Waals surface area (Å²) in [5.74, 6) is -2.62. The quantitative estimate of drug-likeness (QED) is 0.345. The maximum absolute atomic E-state index is 14.0. The van der Waals surface area contributed by atoms with Crippen molar-refractivity contribution in [3.8, 4) is 0 Å². The van der Waals surface area contributed by atoms with Gasteiger partial charge in [0, 0.05) is 50.4 Å². The second-order valence-corrected chi connectivity index (χ2v) is 12.1. The van der Waals surface area contributed by atoms with Crippen molar-refractivity contribution < 1.29 is 38.8 Å². The van der Waals surface area contributed by atoms with E-state index < -0.39 is 52.6 Å². The minimum atomic E-state index is -1.21. The van der Waals surface area contributed by atoms with Crippen molar-refractivity contribution in [3.63, 3.8) is 0 Å². The summed E-state index contributed by atoms with van der Waals surface area (Å²) >= 11 is 0. The van der Waals surface area contributed by atoms with E-state index in [2.05, 4.69) is 4.90 Å². The minimum Gasteiger partial charge on any atom is -0.504 e. The molecule has 0 aromatic carbocycles. The van der Waals surface area contributed by atoms with E-state index in [-0.39, 0.29) is 23.7 Å². The smallest absolute Gasteiger partial charge is 0.340 e. The molecular weight excluding hydrogens is 504 g/mol. The maximum Gasteiger partial charge on any atom is 0.340 e. The molecule has 10 heteroatoms. The molecule has 2 fully saturated rings. The number of aliphatic hydroxyl groups is 2. The van der Waals surface area contributed by atoms with Crippen molar-refractivity contribution in [2.75, 3.05) is 47.9 Å². The predicted octanol–water partition coefficient (Wildman–Crippen LogP) is 2.14. The molecule has 1 saturated carbocycles. The molecule has 1 saturated heterocycles. The van der Waals surface area contributed by atoms with Gasteiger partial charge >= 0.3 is 11.9 Å². The van der Waals surface area contributed by atoms with Crippen LogP contribution in [-0.2, 0) is 28.6 Å². The monoisotopic (exact) mass is 546 g/mol. The van der Waals surface area contributed by atoms with Crippen LogP contribution in [-0.4, -0.2) is 104 Å². The maximum atomic E-state index is 14.0. The zero-order chi connectivity index (χ0) is 28.9. The minimum absolute atomic E-state index is 0.00724. The van der Waals surface area contributed by atoms with Crippen LogP contribution in [0.15, 0.2) is 34.3 Å². The number of nitrogens with zero attached hydrogens (tertiary/aromatic N) is 2. The molecule has 0 unspecified atom stereocenters. The van der Waals surface area contributed by atoms with Crippen LogP contribution in [0, 0.1) is 16.7 Å². The second kappa shape index (κ2) is 10.7. The van der Waals surface area contributed by atoms with Crippen molar-refractivity contribution in [2.24, 2.45) is 16.7 Å². The van der Waals surface area contributed by atoms with Crippen molar-refractivity contribution >= 4 is 17.7 Å². The second-order valence-electron chi connectivity index (χ2n) is 12.1. The number of hydrogen-bond donors (Lipinski definition) is 2. The summed E-state index contributed by atoms with van der Waals surface area (Å²) in [6.07, 6.45) is 1.40. The average molecular weight is 547 g/mol. The van der Waals surface area contributed by atoms with Gasteiger partial charge in [0.05, 0.1) is 23.7 Å². The first kappa shape index (κ1) is 29.3. The Labute approximate surface area is 230 Å². The predicted molar refractivity (Wildman–Crippen MR) is 142 cm³/mol. The normalized spacial score (nSPS) is 35.2. The van der Waals surface area contributed by atoms with Crippen LogP contribution in [0.1, 0.15) is 46.5 Å². The Bertz CT molecular complexity index is 1140. The number of Topliss-reactive ketones (excluding diaryl/α,β-unsaturated/α-hetero) is 1. The number of fused-ring (bicyclic) bond motifs is 4. The molecule has 216 valence electrons. The third kappa shape index (κ3) is 4.80. The zero-order valence-electron chi connectivity index (χ0n) is 24.1. The fourth-order valence-corrected chi connectivity index (χ4v) is 7.19. The Balaban J connectivity index is 1.91. The Morgan fingerprint density at radius 3 is 2.49 bits per heavy atom. The fraction of sp³-hybridized carbons (Fsp3) is 0.690. The van der Waals surface area contributed by atoms with Gasteiger partial charge in [0.2, 0.25) is 5.78 Å². The SMILES string of the molecule is COC[C@H]1OC(=O)/C(=C/N(C)CCCN(C)C)C2=C(O)C(=O)C3=C([C@H](OC(C)=O)C[C@]4(C)[C@@H](O)CC[C@@H]34)[C@]21C. The van der Waals surface area contributed by atoms with Crippen molar-refractivity contribution in [3.05, 3.63) is 34.3 Å². The topological polar surface area (TPSA) is 126 Å². The standard InChI is InChI=1S/C29H42N2O8/c1-16(32)38-19-13-28(2)18(9-10-20(28)33)22-24(19)29(3)21(15-37-7)39-27(36)17(23(29)26(35)25(22)34)14-31(6)12-8-11-30(4)5/h14,18-21,33,35H,8-13,15H2,1-7H3/b17-14+/t18-,19+,20-,21+,28-,29-/m0/s1. The van der Waals surface area contributed by atoms with Gasteiger partial charge in [-0.1, -0.05) is 6.92 Å². The molecule has 2 N–H and O–H groups in total. The zero-order valence-corrected chi connectivity index (χ0v) is 24.1. The summed E-state index contributed by atoms with van der Waals surface area (Å²) < 4.78 is 17.2. The van der Waals surface area contributed by atoms with Crippen LogP contribution in [0.2, 0.25) is 0 Å². The summed E-state index contributed by atoms with van der Waals surface area (Å²) in [4.78, 5) is 43.6. The van der Waals surface area contributed by atoms with Gasteiger partial charge in [-0.2, -0.15) is 0 Å². The van der Waals surface area contributed by atoms with Gasteiger partial charge in [0.25, 0.3) is 0 Å². The number of ether oxygens (including phenoxy) is 3. The van der Waals surface area contributed by atoms with Crippen LogP contribution in [0.3, 0.4) is 0 Å². The number of ketones is 1. The fourth-order valence-electron chi connectivity index (χ4n) is 7.19. The Morgan fingerprint density at radius 2 is 1.87 bits per heavy atom. The number of aliphatic hydroxyl groups excluding tert-OH is 2. The molecule has 10 nitrogen and oxygen atoms in total. The molecule has 1 aliphatic heterocycles. The van der Waals surface area contributed by atoms with Crippen molar-refractivity contribution in [1.82, 2.24) is 9.80 Å². The number of esters is 2. The third-order valence-corrected chi connectivity index (χ3v) is 9.12. The van der Waals surface area contributed by atoms with E-state index in [0.717, 1.165) is 13.0 Å². The first-order valence-corrected chi connectivity index (χ1v) is 13.6. The molecule has 4 rings (SSSR count). The van der Waals surface area contributed by atoms with E-state index in [9.17, 15) is 24.6 Å². The lowest BCUT2D eigenvalue weighted by atomic mass is 9.53. The van der Waals surface area contributed by atoms with Gasteiger partial charge in [-0.3, -0.25) is 9.59 Å².